The van der Waals surface area contributed by atoms with Gasteiger partial charge in [-0.2, -0.15) is 0 Å². The number of para-hydroxylation sites is 2. The molecule has 4 aliphatic carbocycles. The molecule has 7 aromatic carbocycles. The zero-order valence-electron chi connectivity index (χ0n) is 27.2. The van der Waals surface area contributed by atoms with Crippen molar-refractivity contribution in [1.82, 2.24) is 0 Å². The highest BCUT2D eigenvalue weighted by atomic mass is 16.3. The van der Waals surface area contributed by atoms with Crippen LogP contribution in [-0.4, -0.2) is 0 Å². The Morgan fingerprint density at radius 2 is 1.02 bits per heavy atom. The third kappa shape index (κ3) is 3.15. The molecule has 8 aromatic rings. The van der Waals surface area contributed by atoms with E-state index in [-0.39, 0.29) is 0 Å². The van der Waals surface area contributed by atoms with Crippen LogP contribution in [-0.2, 0) is 5.41 Å². The van der Waals surface area contributed by atoms with Gasteiger partial charge in [-0.3, -0.25) is 0 Å². The van der Waals surface area contributed by atoms with Crippen molar-refractivity contribution in [3.05, 3.63) is 203 Å². The Morgan fingerprint density at radius 3 is 1.90 bits per heavy atom. The average Bonchev–Trinajstić information content (AvgIpc) is 3.81. The number of hydrogen-bond donors (Lipinski definition) is 0. The summed E-state index contributed by atoms with van der Waals surface area (Å²) >= 11 is 0. The first-order chi connectivity index (χ1) is 24.8. The van der Waals surface area contributed by atoms with Crippen molar-refractivity contribution in [3.8, 4) is 44.5 Å². The van der Waals surface area contributed by atoms with Gasteiger partial charge >= 0.3 is 0 Å². The molecule has 3 atom stereocenters. The van der Waals surface area contributed by atoms with E-state index in [1.54, 1.807) is 0 Å². The Bertz CT molecular complexity index is 2840. The Morgan fingerprint density at radius 1 is 0.400 bits per heavy atom. The van der Waals surface area contributed by atoms with Crippen LogP contribution in [0.4, 0.5) is 0 Å². The third-order valence-electron chi connectivity index (χ3n) is 12.1. The minimum absolute atomic E-state index is 0.295. The second kappa shape index (κ2) is 9.49. The van der Waals surface area contributed by atoms with E-state index in [2.05, 4.69) is 170 Å². The normalized spacial score (nSPS) is 19.9. The summed E-state index contributed by atoms with van der Waals surface area (Å²) in [5, 5.41) is 2.31. The van der Waals surface area contributed by atoms with Crippen molar-refractivity contribution in [3.63, 3.8) is 0 Å². The maximum absolute atomic E-state index is 6.64. The van der Waals surface area contributed by atoms with Crippen LogP contribution in [0, 0.1) is 0 Å². The molecule has 0 amide bonds. The lowest BCUT2D eigenvalue weighted by Crippen LogP contribution is -2.26. The fourth-order valence-corrected chi connectivity index (χ4v) is 10.2. The second-order valence-corrected chi connectivity index (χ2v) is 14.2. The van der Waals surface area contributed by atoms with Crippen LogP contribution in [0.25, 0.3) is 66.4 Å². The largest absolute Gasteiger partial charge is 0.455 e. The lowest BCUT2D eigenvalue weighted by Gasteiger charge is -2.36. The zero-order valence-corrected chi connectivity index (χ0v) is 27.2. The fraction of sp³-hybridized carbons (Fsp3) is 0.0612. The molecule has 1 aromatic heterocycles. The maximum atomic E-state index is 6.64. The number of fused-ring (bicyclic) bond motifs is 19. The maximum Gasteiger partial charge on any atom is 0.143 e. The molecule has 0 saturated carbocycles. The average molecular weight is 635 g/mol. The summed E-state index contributed by atoms with van der Waals surface area (Å²) in [6, 6.07) is 54.4. The molecular formula is C49H30O. The number of benzene rings is 7. The highest BCUT2D eigenvalue weighted by molar-refractivity contribution is 6.12. The van der Waals surface area contributed by atoms with Gasteiger partial charge in [0.05, 0.1) is 5.41 Å². The molecule has 0 bridgehead atoms. The molecule has 1 nitrogen and oxygen atoms in total. The van der Waals surface area contributed by atoms with Crippen LogP contribution in [0.2, 0.25) is 0 Å². The Labute approximate surface area is 290 Å². The van der Waals surface area contributed by atoms with Crippen molar-refractivity contribution in [2.45, 2.75) is 17.3 Å². The molecule has 1 spiro atoms. The van der Waals surface area contributed by atoms with Gasteiger partial charge in [0.15, 0.2) is 0 Å². The topological polar surface area (TPSA) is 13.1 Å². The van der Waals surface area contributed by atoms with Crippen LogP contribution in [0.15, 0.2) is 174 Å². The van der Waals surface area contributed by atoms with Gasteiger partial charge < -0.3 is 4.42 Å². The predicted octanol–water partition coefficient (Wildman–Crippen LogP) is 12.6. The molecule has 1 heteroatoms. The molecule has 50 heavy (non-hydrogen) atoms. The molecular weight excluding hydrogens is 605 g/mol. The molecule has 4 aliphatic rings. The molecule has 0 fully saturated rings. The van der Waals surface area contributed by atoms with E-state index in [9.17, 15) is 0 Å². The van der Waals surface area contributed by atoms with Crippen LogP contribution in [0.1, 0.15) is 45.2 Å². The van der Waals surface area contributed by atoms with E-state index in [0.717, 1.165) is 27.5 Å². The van der Waals surface area contributed by atoms with Gasteiger partial charge in [-0.05, 0) is 84.5 Å². The molecule has 0 radical (unpaired) electrons. The number of hydrogen-bond acceptors (Lipinski definition) is 1. The minimum atomic E-state index is -0.439. The van der Waals surface area contributed by atoms with Gasteiger partial charge in [-0.15, -0.1) is 0 Å². The summed E-state index contributed by atoms with van der Waals surface area (Å²) < 4.78 is 6.64. The lowest BCUT2D eigenvalue weighted by molar-refractivity contribution is 0.670. The SMILES string of the molecule is C1=CC2c3ccccc3-c3cc4c(cc3C2C=C1)C1(c2ccccc2-4)c2ccccc2-c2c(-c3cccc4c3oc3ccccc34)cccc21. The van der Waals surface area contributed by atoms with Gasteiger partial charge in [0, 0.05) is 28.2 Å². The van der Waals surface area contributed by atoms with E-state index in [1.165, 1.54) is 72.3 Å². The van der Waals surface area contributed by atoms with Crippen LogP contribution >= 0.6 is 0 Å². The molecule has 12 rings (SSSR count). The van der Waals surface area contributed by atoms with Gasteiger partial charge in [0.25, 0.3) is 0 Å². The van der Waals surface area contributed by atoms with Crippen LogP contribution < -0.4 is 0 Å². The summed E-state index contributed by atoms with van der Waals surface area (Å²) in [6.45, 7) is 0. The fourth-order valence-electron chi connectivity index (χ4n) is 10.2. The van der Waals surface area contributed by atoms with Crippen molar-refractivity contribution >= 4 is 21.9 Å². The van der Waals surface area contributed by atoms with Crippen LogP contribution in [0.5, 0.6) is 0 Å². The van der Waals surface area contributed by atoms with Crippen molar-refractivity contribution in [1.29, 1.82) is 0 Å². The molecule has 1 heterocycles. The van der Waals surface area contributed by atoms with Gasteiger partial charge in [-0.1, -0.05) is 158 Å². The number of allylic oxidation sites excluding steroid dienone is 4. The van der Waals surface area contributed by atoms with E-state index >= 15 is 0 Å². The highest BCUT2D eigenvalue weighted by Crippen LogP contribution is 2.65. The molecule has 3 unspecified atom stereocenters. The van der Waals surface area contributed by atoms with Crippen molar-refractivity contribution < 1.29 is 4.42 Å². The summed E-state index contributed by atoms with van der Waals surface area (Å²) in [6.07, 6.45) is 9.28. The molecule has 232 valence electrons. The van der Waals surface area contributed by atoms with Gasteiger partial charge in [0.1, 0.15) is 11.2 Å². The van der Waals surface area contributed by atoms with Crippen molar-refractivity contribution in [2.75, 3.05) is 0 Å². The first-order valence-corrected chi connectivity index (χ1v) is 17.7. The second-order valence-electron chi connectivity index (χ2n) is 14.2. The summed E-state index contributed by atoms with van der Waals surface area (Å²) in [4.78, 5) is 0. The monoisotopic (exact) mass is 634 g/mol. The number of furan rings is 1. The molecule has 0 saturated heterocycles. The standard InChI is InChI=1S/C49H30O/c1-3-15-31-29(13-1)30-14-2-4-16-32(30)40-28-45-41(27-39(31)40)33-17-5-8-23-42(33)49(45)43-24-9-6-19-38(43)47-35(20-12-25-44(47)49)37-22-11-21-36-34-18-7-10-26-46(34)50-48(36)37/h1-28,30,32H. The van der Waals surface area contributed by atoms with E-state index in [1.807, 2.05) is 0 Å². The van der Waals surface area contributed by atoms with Gasteiger partial charge in [-0.25, -0.2) is 0 Å². The predicted molar refractivity (Wildman–Crippen MR) is 205 cm³/mol. The molecule has 0 aliphatic heterocycles. The van der Waals surface area contributed by atoms with E-state index in [0.29, 0.717) is 11.8 Å². The smallest absolute Gasteiger partial charge is 0.143 e. The van der Waals surface area contributed by atoms with E-state index < -0.39 is 5.41 Å². The highest BCUT2D eigenvalue weighted by Gasteiger charge is 2.53. The zero-order chi connectivity index (χ0) is 32.6. The summed E-state index contributed by atoms with van der Waals surface area (Å²) in [7, 11) is 0. The number of rotatable bonds is 1. The third-order valence-corrected chi connectivity index (χ3v) is 12.1. The first-order valence-electron chi connectivity index (χ1n) is 17.7. The summed E-state index contributed by atoms with van der Waals surface area (Å²) in [5.41, 5.74) is 20.1. The van der Waals surface area contributed by atoms with Gasteiger partial charge in [0.2, 0.25) is 0 Å². The van der Waals surface area contributed by atoms with E-state index in [4.69, 9.17) is 4.42 Å². The quantitative estimate of drug-likeness (QED) is 0.175. The van der Waals surface area contributed by atoms with Crippen LogP contribution in [0.3, 0.4) is 0 Å². The van der Waals surface area contributed by atoms with Crippen molar-refractivity contribution in [2.24, 2.45) is 0 Å². The Balaban J connectivity index is 1.19. The molecule has 0 N–H and O–H groups in total. The summed E-state index contributed by atoms with van der Waals surface area (Å²) in [5.74, 6) is 0.629. The first kappa shape index (κ1) is 26.7. The Kier molecular flexibility index (Phi) is 5.08. The minimum Gasteiger partial charge on any atom is -0.455 e. The Hall–Kier alpha value is -6.18. The lowest BCUT2D eigenvalue weighted by atomic mass is 9.66.